The molecule has 0 aromatic heterocycles. The molecule has 0 bridgehead atoms. The van der Waals surface area contributed by atoms with Gasteiger partial charge in [0.25, 0.3) is 11.6 Å². The first kappa shape index (κ1) is 17.6. The SMILES string of the molecule is C[C@H](C[C@H](O)c1ccccc1)NC(=O)c1ccc([N+](=O)[O-])cc1F. The van der Waals surface area contributed by atoms with E-state index in [1.807, 2.05) is 6.07 Å². The van der Waals surface area contributed by atoms with Crippen molar-refractivity contribution >= 4 is 11.6 Å². The molecule has 0 spiro atoms. The fourth-order valence-electron chi connectivity index (χ4n) is 2.31. The van der Waals surface area contributed by atoms with Crippen molar-refractivity contribution in [1.29, 1.82) is 0 Å². The molecule has 2 aromatic carbocycles. The molecular weight excluding hydrogens is 315 g/mol. The highest BCUT2D eigenvalue weighted by Gasteiger charge is 2.19. The molecule has 0 unspecified atom stereocenters. The maximum absolute atomic E-state index is 13.8. The lowest BCUT2D eigenvalue weighted by molar-refractivity contribution is -0.385. The number of nitrogens with zero attached hydrogens (tertiary/aromatic N) is 1. The van der Waals surface area contributed by atoms with Gasteiger partial charge in [-0.15, -0.1) is 0 Å². The van der Waals surface area contributed by atoms with Crippen molar-refractivity contribution in [2.24, 2.45) is 0 Å². The van der Waals surface area contributed by atoms with Crippen molar-refractivity contribution in [2.45, 2.75) is 25.5 Å². The Morgan fingerprint density at radius 2 is 1.96 bits per heavy atom. The van der Waals surface area contributed by atoms with Crippen LogP contribution in [0.1, 0.15) is 35.4 Å². The average Bonchev–Trinajstić information content (AvgIpc) is 2.55. The highest BCUT2D eigenvalue weighted by molar-refractivity contribution is 5.94. The number of hydrogen-bond acceptors (Lipinski definition) is 4. The summed E-state index contributed by atoms with van der Waals surface area (Å²) < 4.78 is 13.8. The van der Waals surface area contributed by atoms with Crippen molar-refractivity contribution in [1.82, 2.24) is 5.32 Å². The molecule has 24 heavy (non-hydrogen) atoms. The van der Waals surface area contributed by atoms with Crippen LogP contribution in [0, 0.1) is 15.9 Å². The summed E-state index contributed by atoms with van der Waals surface area (Å²) in [6.07, 6.45) is -0.507. The molecule has 0 aliphatic carbocycles. The number of halogens is 1. The third kappa shape index (κ3) is 4.36. The number of hydrogen-bond donors (Lipinski definition) is 2. The molecule has 0 aliphatic heterocycles. The van der Waals surface area contributed by atoms with Crippen molar-refractivity contribution in [3.8, 4) is 0 Å². The number of nitro benzene ring substituents is 1. The predicted molar refractivity (Wildman–Crippen MR) is 86.0 cm³/mol. The van der Waals surface area contributed by atoms with Crippen LogP contribution in [0.4, 0.5) is 10.1 Å². The van der Waals surface area contributed by atoms with Gasteiger partial charge in [-0.3, -0.25) is 14.9 Å². The largest absolute Gasteiger partial charge is 0.388 e. The maximum atomic E-state index is 13.8. The third-order valence-electron chi connectivity index (χ3n) is 3.55. The van der Waals surface area contributed by atoms with Crippen molar-refractivity contribution in [2.75, 3.05) is 0 Å². The smallest absolute Gasteiger partial charge is 0.272 e. The number of nitrogens with one attached hydrogen (secondary N) is 1. The summed E-state index contributed by atoms with van der Waals surface area (Å²) in [5.74, 6) is -1.65. The Bertz CT molecular complexity index is 737. The van der Waals surface area contributed by atoms with E-state index in [1.54, 1.807) is 31.2 Å². The van der Waals surface area contributed by atoms with Crippen molar-refractivity contribution in [3.05, 3.63) is 75.6 Å². The molecular formula is C17H17FN2O4. The standard InChI is InChI=1S/C17H17FN2O4/c1-11(9-16(21)12-5-3-2-4-6-12)19-17(22)14-8-7-13(20(23)24)10-15(14)18/h2-8,10-11,16,21H,9H2,1H3,(H,19,22)/t11-,16+/m1/s1. The Kier molecular flexibility index (Phi) is 5.59. The molecule has 0 heterocycles. The van der Waals surface area contributed by atoms with E-state index in [4.69, 9.17) is 0 Å². The van der Waals surface area contributed by atoms with Gasteiger partial charge in [0.1, 0.15) is 5.82 Å². The van der Waals surface area contributed by atoms with Gasteiger partial charge in [0.05, 0.1) is 22.7 Å². The number of amides is 1. The topological polar surface area (TPSA) is 92.5 Å². The van der Waals surface area contributed by atoms with Gasteiger partial charge in [-0.05, 0) is 25.0 Å². The Hall–Kier alpha value is -2.80. The summed E-state index contributed by atoms with van der Waals surface area (Å²) in [6.45, 7) is 1.69. The van der Waals surface area contributed by atoms with Gasteiger partial charge >= 0.3 is 0 Å². The van der Waals surface area contributed by atoms with E-state index < -0.39 is 34.5 Å². The first-order chi connectivity index (χ1) is 11.4. The van der Waals surface area contributed by atoms with Crippen LogP contribution in [-0.4, -0.2) is 22.0 Å². The van der Waals surface area contributed by atoms with Gasteiger partial charge in [-0.25, -0.2) is 4.39 Å². The Morgan fingerprint density at radius 1 is 1.29 bits per heavy atom. The van der Waals surface area contributed by atoms with Crippen LogP contribution in [0.25, 0.3) is 0 Å². The number of aliphatic hydroxyl groups is 1. The average molecular weight is 332 g/mol. The Morgan fingerprint density at radius 3 is 2.54 bits per heavy atom. The van der Waals surface area contributed by atoms with E-state index in [-0.39, 0.29) is 12.0 Å². The molecule has 0 radical (unpaired) electrons. The molecule has 7 heteroatoms. The molecule has 0 fully saturated rings. The van der Waals surface area contributed by atoms with Crippen LogP contribution in [0.2, 0.25) is 0 Å². The number of non-ortho nitro benzene ring substituents is 1. The van der Waals surface area contributed by atoms with Gasteiger partial charge in [0.2, 0.25) is 0 Å². The number of rotatable bonds is 6. The Balaban J connectivity index is 2.00. The molecule has 0 saturated heterocycles. The van der Waals surface area contributed by atoms with Gasteiger partial charge in [-0.1, -0.05) is 30.3 Å². The van der Waals surface area contributed by atoms with Crippen molar-refractivity contribution in [3.63, 3.8) is 0 Å². The molecule has 0 saturated carbocycles. The molecule has 2 N–H and O–H groups in total. The summed E-state index contributed by atoms with van der Waals surface area (Å²) in [4.78, 5) is 21.9. The number of carbonyl (C=O) groups excluding carboxylic acids is 1. The highest BCUT2D eigenvalue weighted by atomic mass is 19.1. The van der Waals surface area contributed by atoms with Crippen LogP contribution < -0.4 is 5.32 Å². The van der Waals surface area contributed by atoms with E-state index in [0.717, 1.165) is 17.7 Å². The van der Waals surface area contributed by atoms with Gasteiger partial charge in [0.15, 0.2) is 0 Å². The second kappa shape index (κ2) is 7.65. The minimum Gasteiger partial charge on any atom is -0.388 e. The minimum atomic E-state index is -0.961. The summed E-state index contributed by atoms with van der Waals surface area (Å²) in [6, 6.07) is 11.4. The molecule has 2 aromatic rings. The van der Waals surface area contributed by atoms with Crippen LogP contribution in [-0.2, 0) is 0 Å². The lowest BCUT2D eigenvalue weighted by atomic mass is 10.0. The first-order valence-corrected chi connectivity index (χ1v) is 7.36. The molecule has 6 nitrogen and oxygen atoms in total. The zero-order valence-electron chi connectivity index (χ0n) is 13.0. The second-order valence-corrected chi connectivity index (χ2v) is 5.46. The second-order valence-electron chi connectivity index (χ2n) is 5.46. The molecule has 2 rings (SSSR count). The molecule has 1 amide bonds. The monoisotopic (exact) mass is 332 g/mol. The van der Waals surface area contributed by atoms with E-state index >= 15 is 0 Å². The zero-order valence-corrected chi connectivity index (χ0v) is 13.0. The lowest BCUT2D eigenvalue weighted by Crippen LogP contribution is -2.34. The van der Waals surface area contributed by atoms with E-state index in [2.05, 4.69) is 5.32 Å². The van der Waals surface area contributed by atoms with E-state index in [9.17, 15) is 24.4 Å². The van der Waals surface area contributed by atoms with Crippen LogP contribution in [0.3, 0.4) is 0 Å². The maximum Gasteiger partial charge on any atom is 0.272 e. The van der Waals surface area contributed by atoms with Gasteiger partial charge < -0.3 is 10.4 Å². The summed E-state index contributed by atoms with van der Waals surface area (Å²) in [7, 11) is 0. The number of aliphatic hydroxyl groups excluding tert-OH is 1. The van der Waals surface area contributed by atoms with Crippen LogP contribution in [0.5, 0.6) is 0 Å². The minimum absolute atomic E-state index is 0.254. The van der Waals surface area contributed by atoms with Gasteiger partial charge in [-0.2, -0.15) is 0 Å². The normalized spacial score (nSPS) is 13.1. The summed E-state index contributed by atoms with van der Waals surface area (Å²) in [5.41, 5.74) is 0.0263. The molecule has 126 valence electrons. The molecule has 2 atom stereocenters. The summed E-state index contributed by atoms with van der Waals surface area (Å²) >= 11 is 0. The molecule has 0 aliphatic rings. The van der Waals surface area contributed by atoms with Crippen LogP contribution in [0.15, 0.2) is 48.5 Å². The first-order valence-electron chi connectivity index (χ1n) is 7.36. The van der Waals surface area contributed by atoms with Crippen molar-refractivity contribution < 1.29 is 19.2 Å². The zero-order chi connectivity index (χ0) is 17.7. The Labute approximate surface area is 138 Å². The third-order valence-corrected chi connectivity index (χ3v) is 3.55. The number of carbonyl (C=O) groups is 1. The quantitative estimate of drug-likeness (QED) is 0.628. The van der Waals surface area contributed by atoms with Crippen LogP contribution >= 0.6 is 0 Å². The summed E-state index contributed by atoms with van der Waals surface area (Å²) in [5, 5.41) is 23.3. The predicted octanol–water partition coefficient (Wildman–Crippen LogP) is 2.98. The van der Waals surface area contributed by atoms with E-state index in [0.29, 0.717) is 6.07 Å². The lowest BCUT2D eigenvalue weighted by Gasteiger charge is -2.18. The number of benzene rings is 2. The highest BCUT2D eigenvalue weighted by Crippen LogP contribution is 2.19. The fraction of sp³-hybridized carbons (Fsp3) is 0.235. The fourth-order valence-corrected chi connectivity index (χ4v) is 2.31. The van der Waals surface area contributed by atoms with E-state index in [1.165, 1.54) is 0 Å². The number of nitro groups is 1. The van der Waals surface area contributed by atoms with Gasteiger partial charge in [0, 0.05) is 12.1 Å².